The van der Waals surface area contributed by atoms with Crippen molar-refractivity contribution in [3.63, 3.8) is 0 Å². The molecule has 1 unspecified atom stereocenters. The molecule has 1 atom stereocenters. The highest BCUT2D eigenvalue weighted by molar-refractivity contribution is 5.24. The van der Waals surface area contributed by atoms with E-state index in [1.54, 1.807) is 6.33 Å². The van der Waals surface area contributed by atoms with E-state index in [0.717, 1.165) is 37.4 Å². The third kappa shape index (κ3) is 2.73. The number of nitrogens with zero attached hydrogens (tertiary/aromatic N) is 4. The van der Waals surface area contributed by atoms with Crippen LogP contribution in [-0.2, 0) is 19.5 Å². The van der Waals surface area contributed by atoms with Crippen molar-refractivity contribution in [3.8, 4) is 0 Å². The zero-order chi connectivity index (χ0) is 13.9. The molecule has 0 aliphatic carbocycles. The molecule has 0 saturated carbocycles. The Morgan fingerprint density at radius 3 is 2.80 bits per heavy atom. The first kappa shape index (κ1) is 13.3. The molecule has 5 nitrogen and oxygen atoms in total. The Kier molecular flexibility index (Phi) is 3.80. The summed E-state index contributed by atoms with van der Waals surface area (Å²) in [6.07, 6.45) is 2.35. The molecule has 0 saturated heterocycles. The van der Waals surface area contributed by atoms with Crippen LogP contribution in [0, 0.1) is 0 Å². The molecule has 1 aromatic carbocycles. The van der Waals surface area contributed by atoms with Crippen LogP contribution >= 0.6 is 0 Å². The number of aromatic nitrogens is 3. The van der Waals surface area contributed by atoms with E-state index in [0.29, 0.717) is 6.54 Å². The average Bonchev–Trinajstić information content (AvgIpc) is 2.95. The first-order valence-corrected chi connectivity index (χ1v) is 7.12. The molecule has 2 heterocycles. The van der Waals surface area contributed by atoms with E-state index < -0.39 is 6.10 Å². The van der Waals surface area contributed by atoms with Crippen molar-refractivity contribution >= 4 is 0 Å². The summed E-state index contributed by atoms with van der Waals surface area (Å²) in [7, 11) is 0. The Hall–Kier alpha value is -1.72. The van der Waals surface area contributed by atoms with E-state index in [2.05, 4.69) is 38.7 Å². The maximum atomic E-state index is 10.4. The summed E-state index contributed by atoms with van der Waals surface area (Å²) in [6, 6.07) is 8.22. The van der Waals surface area contributed by atoms with Gasteiger partial charge in [0.05, 0.1) is 12.6 Å². The first-order chi connectivity index (χ1) is 9.76. The van der Waals surface area contributed by atoms with Gasteiger partial charge in [-0.3, -0.25) is 4.90 Å². The molecule has 1 aromatic heterocycles. The molecule has 0 amide bonds. The molecule has 0 spiro atoms. The molecular weight excluding hydrogens is 252 g/mol. The lowest BCUT2D eigenvalue weighted by Gasteiger charge is -2.28. The summed E-state index contributed by atoms with van der Waals surface area (Å²) >= 11 is 0. The van der Waals surface area contributed by atoms with Gasteiger partial charge >= 0.3 is 0 Å². The fourth-order valence-corrected chi connectivity index (χ4v) is 2.60. The molecule has 3 rings (SSSR count). The van der Waals surface area contributed by atoms with Crippen molar-refractivity contribution in [2.75, 3.05) is 13.1 Å². The summed E-state index contributed by atoms with van der Waals surface area (Å²) in [5, 5.41) is 18.4. The maximum Gasteiger partial charge on any atom is 0.147 e. The van der Waals surface area contributed by atoms with E-state index >= 15 is 0 Å². The number of aliphatic hydroxyl groups excluding tert-OH is 1. The lowest BCUT2D eigenvalue weighted by Crippen LogP contribution is -2.36. The molecule has 20 heavy (non-hydrogen) atoms. The molecular formula is C15H20N4O. The van der Waals surface area contributed by atoms with Crippen LogP contribution in [0.15, 0.2) is 30.6 Å². The second-order valence-electron chi connectivity index (χ2n) is 5.29. The summed E-state index contributed by atoms with van der Waals surface area (Å²) in [5.41, 5.74) is 2.28. The van der Waals surface area contributed by atoms with Gasteiger partial charge in [-0.2, -0.15) is 0 Å². The van der Waals surface area contributed by atoms with Crippen LogP contribution in [-0.4, -0.2) is 37.9 Å². The van der Waals surface area contributed by atoms with Crippen LogP contribution in [0.25, 0.3) is 0 Å². The fraction of sp³-hybridized carbons (Fsp3) is 0.467. The maximum absolute atomic E-state index is 10.4. The summed E-state index contributed by atoms with van der Waals surface area (Å²) < 4.78 is 2.07. The van der Waals surface area contributed by atoms with Gasteiger partial charge in [0, 0.05) is 19.6 Å². The number of fused-ring (bicyclic) bond motifs is 1. The SMILES string of the molecule is CCc1ccc(C(O)CN2CCn3cnnc3C2)cc1. The van der Waals surface area contributed by atoms with Crippen LogP contribution in [0.3, 0.4) is 0 Å². The van der Waals surface area contributed by atoms with Crippen molar-refractivity contribution in [1.29, 1.82) is 0 Å². The van der Waals surface area contributed by atoms with Crippen LogP contribution < -0.4 is 0 Å². The highest BCUT2D eigenvalue weighted by Crippen LogP contribution is 2.18. The van der Waals surface area contributed by atoms with Crippen molar-refractivity contribution in [2.24, 2.45) is 0 Å². The molecule has 0 radical (unpaired) electrons. The second kappa shape index (κ2) is 5.73. The van der Waals surface area contributed by atoms with E-state index in [9.17, 15) is 5.11 Å². The number of hydrogen-bond acceptors (Lipinski definition) is 4. The zero-order valence-corrected chi connectivity index (χ0v) is 11.7. The number of β-amino-alcohol motifs (C(OH)–C–C–N with tert-alkyl or cyclic N) is 1. The van der Waals surface area contributed by atoms with Gasteiger partial charge in [0.15, 0.2) is 0 Å². The van der Waals surface area contributed by atoms with Gasteiger partial charge in [-0.25, -0.2) is 0 Å². The minimum absolute atomic E-state index is 0.449. The predicted octanol–water partition coefficient (Wildman–Crippen LogP) is 1.39. The van der Waals surface area contributed by atoms with Gasteiger partial charge in [-0.1, -0.05) is 31.2 Å². The van der Waals surface area contributed by atoms with Crippen LogP contribution in [0.2, 0.25) is 0 Å². The van der Waals surface area contributed by atoms with E-state index in [4.69, 9.17) is 0 Å². The number of rotatable bonds is 4. The minimum atomic E-state index is -0.449. The Labute approximate surface area is 118 Å². The highest BCUT2D eigenvalue weighted by atomic mass is 16.3. The van der Waals surface area contributed by atoms with Crippen LogP contribution in [0.5, 0.6) is 0 Å². The van der Waals surface area contributed by atoms with Gasteiger partial charge in [0.25, 0.3) is 0 Å². The van der Waals surface area contributed by atoms with Crippen molar-refractivity contribution in [2.45, 2.75) is 32.5 Å². The molecule has 2 aromatic rings. The molecule has 1 aliphatic rings. The van der Waals surface area contributed by atoms with Crippen molar-refractivity contribution in [1.82, 2.24) is 19.7 Å². The lowest BCUT2D eigenvalue weighted by atomic mass is 10.1. The Balaban J connectivity index is 1.63. The largest absolute Gasteiger partial charge is 0.387 e. The summed E-state index contributed by atoms with van der Waals surface area (Å²) in [6.45, 7) is 5.34. The third-order valence-electron chi connectivity index (χ3n) is 3.92. The van der Waals surface area contributed by atoms with Gasteiger partial charge in [0.1, 0.15) is 12.2 Å². The van der Waals surface area contributed by atoms with Crippen LogP contribution in [0.4, 0.5) is 0 Å². The first-order valence-electron chi connectivity index (χ1n) is 7.12. The monoisotopic (exact) mass is 272 g/mol. The standard InChI is InChI=1S/C15H20N4O/c1-2-12-3-5-13(6-4-12)14(20)9-18-7-8-19-11-16-17-15(19)10-18/h3-6,11,14,20H,2,7-10H2,1H3. The molecule has 0 bridgehead atoms. The number of benzene rings is 1. The fourth-order valence-electron chi connectivity index (χ4n) is 2.60. The Morgan fingerprint density at radius 1 is 1.25 bits per heavy atom. The van der Waals surface area contributed by atoms with Gasteiger partial charge in [-0.15, -0.1) is 10.2 Å². The normalized spacial score (nSPS) is 16.9. The predicted molar refractivity (Wildman–Crippen MR) is 76.1 cm³/mol. The van der Waals surface area contributed by atoms with E-state index in [1.165, 1.54) is 5.56 Å². The van der Waals surface area contributed by atoms with Gasteiger partial charge in [-0.05, 0) is 17.5 Å². The second-order valence-corrected chi connectivity index (χ2v) is 5.29. The van der Waals surface area contributed by atoms with Crippen molar-refractivity contribution in [3.05, 3.63) is 47.5 Å². The van der Waals surface area contributed by atoms with Gasteiger partial charge in [0.2, 0.25) is 0 Å². The lowest BCUT2D eigenvalue weighted by molar-refractivity contribution is 0.0962. The molecule has 106 valence electrons. The molecule has 5 heteroatoms. The zero-order valence-electron chi connectivity index (χ0n) is 11.7. The third-order valence-corrected chi connectivity index (χ3v) is 3.92. The summed E-state index contributed by atoms with van der Waals surface area (Å²) in [5.74, 6) is 0.977. The van der Waals surface area contributed by atoms with Crippen molar-refractivity contribution < 1.29 is 5.11 Å². The summed E-state index contributed by atoms with van der Waals surface area (Å²) in [4.78, 5) is 2.22. The Morgan fingerprint density at radius 2 is 2.05 bits per heavy atom. The number of aryl methyl sites for hydroxylation is 1. The smallest absolute Gasteiger partial charge is 0.147 e. The molecule has 0 fully saturated rings. The average molecular weight is 272 g/mol. The molecule has 1 aliphatic heterocycles. The number of hydrogen-bond donors (Lipinski definition) is 1. The number of aliphatic hydroxyl groups is 1. The Bertz CT molecular complexity index is 564. The van der Waals surface area contributed by atoms with Crippen LogP contribution in [0.1, 0.15) is 30.0 Å². The van der Waals surface area contributed by atoms with Gasteiger partial charge < -0.3 is 9.67 Å². The van der Waals surface area contributed by atoms with E-state index in [1.807, 2.05) is 12.1 Å². The topological polar surface area (TPSA) is 54.2 Å². The molecule has 1 N–H and O–H groups in total. The minimum Gasteiger partial charge on any atom is -0.387 e. The quantitative estimate of drug-likeness (QED) is 0.914. The highest BCUT2D eigenvalue weighted by Gasteiger charge is 2.20. The van der Waals surface area contributed by atoms with E-state index in [-0.39, 0.29) is 0 Å².